The van der Waals surface area contributed by atoms with E-state index < -0.39 is 31.5 Å². The van der Waals surface area contributed by atoms with Crippen LogP contribution in [0.5, 0.6) is 0 Å². The maximum absolute atomic E-state index is 12.2. The van der Waals surface area contributed by atoms with Crippen LogP contribution in [0.4, 0.5) is 5.69 Å². The maximum atomic E-state index is 12.2. The molecule has 2 aromatic carbocycles. The number of nitrogens with one attached hydrogen (secondary N) is 2. The van der Waals surface area contributed by atoms with Crippen molar-refractivity contribution in [3.8, 4) is 0 Å². The number of hydrogen-bond donors (Lipinski definition) is 2. The lowest BCUT2D eigenvalue weighted by Gasteiger charge is -2.12. The summed E-state index contributed by atoms with van der Waals surface area (Å²) in [6, 6.07) is 14.0. The lowest BCUT2D eigenvalue weighted by Crippen LogP contribution is -2.32. The Morgan fingerprint density at radius 3 is 2.14 bits per heavy atom. The number of carbonyl (C=O) groups excluding carboxylic acids is 1. The molecule has 0 heterocycles. The predicted octanol–water partition coefficient (Wildman–Crippen LogP) is 2.32. The molecule has 28 heavy (non-hydrogen) atoms. The molecule has 0 saturated carbocycles. The summed E-state index contributed by atoms with van der Waals surface area (Å²) in [6.45, 7) is 3.64. The molecule has 0 aliphatic heterocycles. The highest BCUT2D eigenvalue weighted by atomic mass is 32.2. The van der Waals surface area contributed by atoms with E-state index in [0.29, 0.717) is 17.7 Å². The Hall–Kier alpha value is -2.23. The first-order valence-electron chi connectivity index (χ1n) is 8.78. The highest BCUT2D eigenvalue weighted by Crippen LogP contribution is 2.15. The van der Waals surface area contributed by atoms with Gasteiger partial charge in [0, 0.05) is 11.7 Å². The van der Waals surface area contributed by atoms with E-state index in [1.165, 1.54) is 24.3 Å². The minimum Gasteiger partial charge on any atom is -0.325 e. The molecule has 0 bridgehead atoms. The normalized spacial score (nSPS) is 13.1. The third kappa shape index (κ3) is 6.74. The molecule has 152 valence electrons. The summed E-state index contributed by atoms with van der Waals surface area (Å²) in [5, 5.41) is 2.48. The average molecular weight is 425 g/mol. The molecule has 0 aliphatic carbocycles. The van der Waals surface area contributed by atoms with Gasteiger partial charge in [-0.1, -0.05) is 37.3 Å². The zero-order valence-electron chi connectivity index (χ0n) is 15.8. The van der Waals surface area contributed by atoms with Crippen molar-refractivity contribution in [3.63, 3.8) is 0 Å². The maximum Gasteiger partial charge on any atom is 0.240 e. The average Bonchev–Trinajstić information content (AvgIpc) is 2.61. The van der Waals surface area contributed by atoms with Crippen LogP contribution in [0.25, 0.3) is 0 Å². The van der Waals surface area contributed by atoms with Gasteiger partial charge in [-0.3, -0.25) is 4.79 Å². The first-order valence-corrected chi connectivity index (χ1v) is 12.1. The van der Waals surface area contributed by atoms with Gasteiger partial charge in [-0.15, -0.1) is 0 Å². The van der Waals surface area contributed by atoms with Crippen LogP contribution in [-0.4, -0.2) is 34.5 Å². The van der Waals surface area contributed by atoms with Crippen molar-refractivity contribution in [2.75, 3.05) is 11.1 Å². The van der Waals surface area contributed by atoms with Crippen LogP contribution in [-0.2, 0) is 30.4 Å². The second-order valence-electron chi connectivity index (χ2n) is 6.52. The summed E-state index contributed by atoms with van der Waals surface area (Å²) >= 11 is 0. The molecule has 2 aromatic rings. The zero-order chi connectivity index (χ0) is 20.8. The van der Waals surface area contributed by atoms with E-state index in [2.05, 4.69) is 10.0 Å². The molecular weight excluding hydrogens is 400 g/mol. The summed E-state index contributed by atoms with van der Waals surface area (Å²) < 4.78 is 51.3. The third-order valence-electron chi connectivity index (χ3n) is 4.00. The molecule has 0 fully saturated rings. The number of sulfone groups is 1. The topological polar surface area (TPSA) is 109 Å². The first-order chi connectivity index (χ1) is 13.1. The number of hydrogen-bond acceptors (Lipinski definition) is 5. The Morgan fingerprint density at radius 1 is 0.964 bits per heavy atom. The van der Waals surface area contributed by atoms with E-state index in [0.717, 1.165) is 0 Å². The summed E-state index contributed by atoms with van der Waals surface area (Å²) in [6.07, 6.45) is 0.658. The largest absolute Gasteiger partial charge is 0.325 e. The summed E-state index contributed by atoms with van der Waals surface area (Å²) in [7, 11) is -7.26. The van der Waals surface area contributed by atoms with Gasteiger partial charge in [-0.25, -0.2) is 21.6 Å². The lowest BCUT2D eigenvalue weighted by atomic mass is 10.2. The molecule has 1 atom stereocenters. The number of carbonyl (C=O) groups is 1. The van der Waals surface area contributed by atoms with Crippen LogP contribution in [0, 0.1) is 0 Å². The van der Waals surface area contributed by atoms with Crippen LogP contribution < -0.4 is 10.0 Å². The number of rotatable bonds is 9. The summed E-state index contributed by atoms with van der Waals surface area (Å²) in [4.78, 5) is 12.1. The monoisotopic (exact) mass is 424 g/mol. The fourth-order valence-corrected chi connectivity index (χ4v) is 5.01. The highest BCUT2D eigenvalue weighted by Gasteiger charge is 2.19. The van der Waals surface area contributed by atoms with E-state index in [-0.39, 0.29) is 16.7 Å². The molecule has 0 unspecified atom stereocenters. The zero-order valence-corrected chi connectivity index (χ0v) is 17.4. The Morgan fingerprint density at radius 2 is 1.57 bits per heavy atom. The number of sulfonamides is 1. The molecule has 9 heteroatoms. The quantitative estimate of drug-likeness (QED) is 0.642. The molecule has 2 N–H and O–H groups in total. The lowest BCUT2D eigenvalue weighted by molar-refractivity contribution is -0.113. The second kappa shape index (κ2) is 9.31. The smallest absolute Gasteiger partial charge is 0.240 e. The molecule has 0 radical (unpaired) electrons. The molecule has 1 amide bonds. The summed E-state index contributed by atoms with van der Waals surface area (Å²) in [5.41, 5.74) is 0.932. The molecule has 0 aliphatic rings. The first kappa shape index (κ1) is 22.1. The van der Waals surface area contributed by atoms with Gasteiger partial charge in [0.05, 0.1) is 10.6 Å². The second-order valence-corrected chi connectivity index (χ2v) is 10.3. The number of benzene rings is 2. The Kier molecular flexibility index (Phi) is 7.34. The van der Waals surface area contributed by atoms with Crippen LogP contribution in [0.3, 0.4) is 0 Å². The minimum atomic E-state index is -3.64. The van der Waals surface area contributed by atoms with Crippen LogP contribution >= 0.6 is 0 Å². The van der Waals surface area contributed by atoms with Crippen molar-refractivity contribution in [3.05, 3.63) is 60.2 Å². The Balaban J connectivity index is 1.99. The predicted molar refractivity (Wildman–Crippen MR) is 109 cm³/mol. The Labute approximate surface area is 166 Å². The standard InChI is InChI=1S/C19H24N2O5S2/c1-3-15(2)21-28(25,26)18-11-9-17(10-12-18)20-19(22)14-27(23,24)13-16-7-5-4-6-8-16/h4-12,15,21H,3,13-14H2,1-2H3,(H,20,22)/t15-/m0/s1. The van der Waals surface area contributed by atoms with Gasteiger partial charge in [-0.05, 0) is 43.2 Å². The van der Waals surface area contributed by atoms with Crippen molar-refractivity contribution in [2.24, 2.45) is 0 Å². The third-order valence-corrected chi connectivity index (χ3v) is 7.08. The molecular formula is C19H24N2O5S2. The number of amides is 1. The van der Waals surface area contributed by atoms with E-state index in [1.54, 1.807) is 37.3 Å². The highest BCUT2D eigenvalue weighted by molar-refractivity contribution is 7.91. The fourth-order valence-electron chi connectivity index (χ4n) is 2.41. The van der Waals surface area contributed by atoms with Gasteiger partial charge in [0.2, 0.25) is 15.9 Å². The van der Waals surface area contributed by atoms with Crippen molar-refractivity contribution < 1.29 is 21.6 Å². The van der Waals surface area contributed by atoms with E-state index >= 15 is 0 Å². The fraction of sp³-hybridized carbons (Fsp3) is 0.316. The van der Waals surface area contributed by atoms with Gasteiger partial charge < -0.3 is 5.32 Å². The van der Waals surface area contributed by atoms with Crippen LogP contribution in [0.1, 0.15) is 25.8 Å². The van der Waals surface area contributed by atoms with Gasteiger partial charge in [-0.2, -0.15) is 0 Å². The Bertz CT molecular complexity index is 1000. The van der Waals surface area contributed by atoms with Gasteiger partial charge >= 0.3 is 0 Å². The van der Waals surface area contributed by atoms with Crippen molar-refractivity contribution >= 4 is 31.5 Å². The summed E-state index contributed by atoms with van der Waals surface area (Å²) in [5.74, 6) is -1.55. The SMILES string of the molecule is CC[C@H](C)NS(=O)(=O)c1ccc(NC(=O)CS(=O)(=O)Cc2ccccc2)cc1. The molecule has 0 spiro atoms. The van der Waals surface area contributed by atoms with Crippen molar-refractivity contribution in [1.29, 1.82) is 0 Å². The van der Waals surface area contributed by atoms with Crippen LogP contribution in [0.2, 0.25) is 0 Å². The van der Waals surface area contributed by atoms with Gasteiger partial charge in [0.15, 0.2) is 9.84 Å². The van der Waals surface area contributed by atoms with E-state index in [1.807, 2.05) is 6.92 Å². The molecule has 0 saturated heterocycles. The molecule has 2 rings (SSSR count). The number of anilines is 1. The van der Waals surface area contributed by atoms with Crippen molar-refractivity contribution in [2.45, 2.75) is 37.0 Å². The van der Waals surface area contributed by atoms with Crippen LogP contribution in [0.15, 0.2) is 59.5 Å². The van der Waals surface area contributed by atoms with Gasteiger partial charge in [0.25, 0.3) is 0 Å². The van der Waals surface area contributed by atoms with E-state index in [4.69, 9.17) is 0 Å². The minimum absolute atomic E-state index is 0.0718. The molecule has 7 nitrogen and oxygen atoms in total. The van der Waals surface area contributed by atoms with E-state index in [9.17, 15) is 21.6 Å². The van der Waals surface area contributed by atoms with Gasteiger partial charge in [0.1, 0.15) is 5.75 Å². The van der Waals surface area contributed by atoms with Crippen molar-refractivity contribution in [1.82, 2.24) is 4.72 Å². The molecule has 0 aromatic heterocycles.